The lowest BCUT2D eigenvalue weighted by Gasteiger charge is -2.35. The van der Waals surface area contributed by atoms with E-state index in [0.717, 1.165) is 0 Å². The van der Waals surface area contributed by atoms with Crippen LogP contribution in [0, 0.1) is 5.82 Å². The number of fused-ring (bicyclic) bond motifs is 1. The van der Waals surface area contributed by atoms with Crippen molar-refractivity contribution >= 4 is 33.5 Å². The molecule has 1 aromatic heterocycles. The third kappa shape index (κ3) is 3.18. The van der Waals surface area contributed by atoms with Gasteiger partial charge in [-0.2, -0.15) is 4.31 Å². The molecule has 1 aliphatic rings. The quantitative estimate of drug-likeness (QED) is 0.727. The van der Waals surface area contributed by atoms with Gasteiger partial charge in [0.05, 0.1) is 6.04 Å². The third-order valence-electron chi connectivity index (χ3n) is 4.26. The van der Waals surface area contributed by atoms with Crippen LogP contribution in [-0.2, 0) is 10.0 Å². The number of benzene rings is 2. The van der Waals surface area contributed by atoms with E-state index in [0.29, 0.717) is 24.2 Å². The molecular formula is C16H16ClFN4O3S. The molecule has 0 aliphatic carbocycles. The van der Waals surface area contributed by atoms with Gasteiger partial charge in [0.1, 0.15) is 16.2 Å². The highest BCUT2D eigenvalue weighted by molar-refractivity contribution is 7.89. The van der Waals surface area contributed by atoms with E-state index in [1.165, 1.54) is 22.5 Å². The second kappa shape index (κ2) is 7.28. The topological polar surface area (TPSA) is 88.3 Å². The van der Waals surface area contributed by atoms with Crippen molar-refractivity contribution in [2.75, 3.05) is 19.6 Å². The van der Waals surface area contributed by atoms with Gasteiger partial charge in [0.15, 0.2) is 5.52 Å². The number of halogens is 2. The summed E-state index contributed by atoms with van der Waals surface area (Å²) in [7, 11) is -3.86. The normalized spacial score (nSPS) is 18.6. The van der Waals surface area contributed by atoms with Crippen LogP contribution in [0.4, 0.5) is 4.39 Å². The van der Waals surface area contributed by atoms with E-state index in [1.54, 1.807) is 24.3 Å². The molecule has 138 valence electrons. The first kappa shape index (κ1) is 18.7. The van der Waals surface area contributed by atoms with Crippen molar-refractivity contribution in [3.05, 3.63) is 53.8 Å². The van der Waals surface area contributed by atoms with Crippen LogP contribution >= 0.6 is 12.4 Å². The summed E-state index contributed by atoms with van der Waals surface area (Å²) in [6.45, 7) is 1.18. The molecule has 1 fully saturated rings. The van der Waals surface area contributed by atoms with E-state index in [9.17, 15) is 12.8 Å². The van der Waals surface area contributed by atoms with Crippen molar-refractivity contribution in [3.63, 3.8) is 0 Å². The van der Waals surface area contributed by atoms with E-state index in [2.05, 4.69) is 20.3 Å². The Morgan fingerprint density at radius 3 is 2.81 bits per heavy atom. The van der Waals surface area contributed by atoms with Gasteiger partial charge >= 0.3 is 0 Å². The summed E-state index contributed by atoms with van der Waals surface area (Å²) in [5.41, 5.74) is 1.17. The lowest BCUT2D eigenvalue weighted by Crippen LogP contribution is -2.48. The summed E-state index contributed by atoms with van der Waals surface area (Å²) in [5.74, 6) is -0.400. The molecule has 1 unspecified atom stereocenters. The highest BCUT2D eigenvalue weighted by atomic mass is 35.5. The lowest BCUT2D eigenvalue weighted by atomic mass is 10.1. The molecule has 1 atom stereocenters. The molecule has 2 aromatic carbocycles. The van der Waals surface area contributed by atoms with Crippen molar-refractivity contribution in [3.8, 4) is 0 Å². The molecule has 3 aromatic rings. The highest BCUT2D eigenvalue weighted by Gasteiger charge is 2.36. The number of hydrogen-bond donors (Lipinski definition) is 1. The molecule has 0 saturated carbocycles. The van der Waals surface area contributed by atoms with Crippen LogP contribution in [0.3, 0.4) is 0 Å². The van der Waals surface area contributed by atoms with Crippen LogP contribution in [0.5, 0.6) is 0 Å². The maximum absolute atomic E-state index is 13.6. The molecule has 2 heterocycles. The van der Waals surface area contributed by atoms with Gasteiger partial charge in [0.25, 0.3) is 0 Å². The average Bonchev–Trinajstić information content (AvgIpc) is 3.10. The fourth-order valence-corrected chi connectivity index (χ4v) is 4.84. The van der Waals surface area contributed by atoms with Crippen LogP contribution < -0.4 is 5.32 Å². The summed E-state index contributed by atoms with van der Waals surface area (Å²) in [4.78, 5) is 0.0366. The van der Waals surface area contributed by atoms with Crippen LogP contribution in [0.2, 0.25) is 0 Å². The summed E-state index contributed by atoms with van der Waals surface area (Å²) in [6.07, 6.45) is 0. The van der Waals surface area contributed by atoms with Crippen LogP contribution in [0.15, 0.2) is 52.0 Å². The number of rotatable bonds is 3. The summed E-state index contributed by atoms with van der Waals surface area (Å²) in [6, 6.07) is 10.2. The van der Waals surface area contributed by atoms with Crippen molar-refractivity contribution in [1.82, 2.24) is 19.9 Å². The van der Waals surface area contributed by atoms with E-state index in [-0.39, 0.29) is 29.4 Å². The van der Waals surface area contributed by atoms with Crippen molar-refractivity contribution in [2.45, 2.75) is 10.9 Å². The van der Waals surface area contributed by atoms with Gasteiger partial charge in [-0.25, -0.2) is 17.4 Å². The molecule has 26 heavy (non-hydrogen) atoms. The Bertz CT molecular complexity index is 1030. The number of nitrogens with one attached hydrogen (secondary N) is 1. The molecule has 1 saturated heterocycles. The molecule has 10 heteroatoms. The second-order valence-electron chi connectivity index (χ2n) is 5.78. The zero-order valence-electron chi connectivity index (χ0n) is 13.5. The minimum absolute atomic E-state index is 0. The zero-order chi connectivity index (χ0) is 17.4. The van der Waals surface area contributed by atoms with Gasteiger partial charge in [0, 0.05) is 19.6 Å². The number of nitrogens with zero attached hydrogens (tertiary/aromatic N) is 3. The van der Waals surface area contributed by atoms with E-state index in [4.69, 9.17) is 0 Å². The van der Waals surface area contributed by atoms with Crippen LogP contribution in [-0.4, -0.2) is 42.7 Å². The molecule has 0 spiro atoms. The fraction of sp³-hybridized carbons (Fsp3) is 0.250. The standard InChI is InChI=1S/C16H15FN4O3S.ClH/c17-12-4-1-3-11(9-12)14-10-18-7-8-21(14)25(22,23)15-6-2-5-13-16(15)20-24-19-13;/h1-6,9,14,18H,7-8,10H2;1H. The molecule has 7 nitrogen and oxygen atoms in total. The minimum Gasteiger partial charge on any atom is -0.313 e. The maximum atomic E-state index is 13.6. The zero-order valence-corrected chi connectivity index (χ0v) is 15.1. The van der Waals surface area contributed by atoms with Crippen molar-refractivity contribution < 1.29 is 17.4 Å². The first-order valence-corrected chi connectivity index (χ1v) is 9.21. The Morgan fingerprint density at radius 2 is 2.00 bits per heavy atom. The highest BCUT2D eigenvalue weighted by Crippen LogP contribution is 2.31. The van der Waals surface area contributed by atoms with Crippen molar-refractivity contribution in [2.24, 2.45) is 0 Å². The number of piperazine rings is 1. The van der Waals surface area contributed by atoms with Gasteiger partial charge in [-0.3, -0.25) is 0 Å². The van der Waals surface area contributed by atoms with Crippen LogP contribution in [0.25, 0.3) is 11.0 Å². The minimum atomic E-state index is -3.86. The Balaban J connectivity index is 0.00000196. The largest absolute Gasteiger partial charge is 0.313 e. The summed E-state index contributed by atoms with van der Waals surface area (Å²) >= 11 is 0. The predicted octanol–water partition coefficient (Wildman–Crippen LogP) is 2.12. The maximum Gasteiger partial charge on any atom is 0.246 e. The first-order valence-electron chi connectivity index (χ1n) is 7.77. The van der Waals surface area contributed by atoms with Gasteiger partial charge in [-0.1, -0.05) is 18.2 Å². The number of hydrogen-bond acceptors (Lipinski definition) is 6. The van der Waals surface area contributed by atoms with Gasteiger partial charge < -0.3 is 5.32 Å². The van der Waals surface area contributed by atoms with E-state index in [1.807, 2.05) is 0 Å². The monoisotopic (exact) mass is 398 g/mol. The average molecular weight is 399 g/mol. The van der Waals surface area contributed by atoms with Gasteiger partial charge in [-0.05, 0) is 40.1 Å². The third-order valence-corrected chi connectivity index (χ3v) is 6.20. The molecule has 0 amide bonds. The molecular weight excluding hydrogens is 383 g/mol. The Kier molecular flexibility index (Phi) is 5.24. The number of aromatic nitrogens is 2. The molecule has 0 bridgehead atoms. The van der Waals surface area contributed by atoms with E-state index >= 15 is 0 Å². The van der Waals surface area contributed by atoms with Gasteiger partial charge in [0.2, 0.25) is 10.0 Å². The van der Waals surface area contributed by atoms with Crippen LogP contribution in [0.1, 0.15) is 11.6 Å². The Morgan fingerprint density at radius 1 is 1.19 bits per heavy atom. The molecule has 1 N–H and O–H groups in total. The molecule has 4 rings (SSSR count). The molecule has 0 radical (unpaired) electrons. The summed E-state index contributed by atoms with van der Waals surface area (Å²) in [5, 5.41) is 10.6. The second-order valence-corrected chi connectivity index (χ2v) is 7.64. The predicted molar refractivity (Wildman–Crippen MR) is 95.0 cm³/mol. The van der Waals surface area contributed by atoms with E-state index < -0.39 is 21.9 Å². The SMILES string of the molecule is Cl.O=S(=O)(c1cccc2nonc12)N1CCNCC1c1cccc(F)c1. The van der Waals surface area contributed by atoms with Crippen molar-refractivity contribution in [1.29, 1.82) is 0 Å². The molecule has 1 aliphatic heterocycles. The van der Waals surface area contributed by atoms with Gasteiger partial charge in [-0.15, -0.1) is 12.4 Å². The number of sulfonamides is 1. The summed E-state index contributed by atoms with van der Waals surface area (Å²) < 4.78 is 46.2. The Labute approximate surface area is 155 Å². The smallest absolute Gasteiger partial charge is 0.246 e. The lowest BCUT2D eigenvalue weighted by molar-refractivity contribution is 0.271. The first-order chi connectivity index (χ1) is 12.1. The fourth-order valence-electron chi connectivity index (χ4n) is 3.09. The Hall–Kier alpha value is -2.07.